The first-order chi connectivity index (χ1) is 10.9. The van der Waals surface area contributed by atoms with E-state index >= 15 is 0 Å². The zero-order valence-corrected chi connectivity index (χ0v) is 13.0. The molecule has 0 amide bonds. The van der Waals surface area contributed by atoms with Crippen molar-refractivity contribution in [3.05, 3.63) is 60.7 Å². The Morgan fingerprint density at radius 3 is 2.86 bits per heavy atom. The summed E-state index contributed by atoms with van der Waals surface area (Å²) in [7, 11) is 2.01. The van der Waals surface area contributed by atoms with Gasteiger partial charge in [-0.1, -0.05) is 30.3 Å². The van der Waals surface area contributed by atoms with E-state index in [2.05, 4.69) is 33.1 Å². The van der Waals surface area contributed by atoms with Gasteiger partial charge in [0.05, 0.1) is 19.5 Å². The highest BCUT2D eigenvalue weighted by molar-refractivity contribution is 5.50. The summed E-state index contributed by atoms with van der Waals surface area (Å²) in [6, 6.07) is 10.8. The molecule has 1 aliphatic rings. The molecule has 116 valence electrons. The van der Waals surface area contributed by atoms with Crippen molar-refractivity contribution in [2.24, 2.45) is 5.92 Å². The third-order valence-corrected chi connectivity index (χ3v) is 4.22. The van der Waals surface area contributed by atoms with Crippen molar-refractivity contribution in [1.82, 2.24) is 14.9 Å². The van der Waals surface area contributed by atoms with E-state index in [1.54, 1.807) is 0 Å². The topological polar surface area (TPSA) is 39.1 Å². The van der Waals surface area contributed by atoms with Crippen molar-refractivity contribution >= 4 is 5.70 Å². The molecule has 4 nitrogen and oxygen atoms in total. The SMILES string of the molecule is CNC1C=C(n2ccnc2)C(COCc2ccccc2)CC1. The number of benzene rings is 1. The first-order valence-electron chi connectivity index (χ1n) is 7.86. The molecule has 22 heavy (non-hydrogen) atoms. The number of rotatable bonds is 6. The monoisotopic (exact) mass is 297 g/mol. The lowest BCUT2D eigenvalue weighted by molar-refractivity contribution is 0.0959. The summed E-state index contributed by atoms with van der Waals surface area (Å²) in [6.07, 6.45) is 10.3. The van der Waals surface area contributed by atoms with Gasteiger partial charge >= 0.3 is 0 Å². The standard InChI is InChI=1S/C18H23N3O/c1-19-17-8-7-16(18(11-17)21-10-9-20-14-21)13-22-12-15-5-3-2-4-6-15/h2-6,9-11,14,16-17,19H,7-8,12-13H2,1H3. The molecule has 1 aromatic carbocycles. The Morgan fingerprint density at radius 1 is 1.27 bits per heavy atom. The normalized spacial score (nSPS) is 21.6. The summed E-state index contributed by atoms with van der Waals surface area (Å²) in [4.78, 5) is 4.17. The number of hydrogen-bond donors (Lipinski definition) is 1. The van der Waals surface area contributed by atoms with Crippen LogP contribution in [0.25, 0.3) is 5.70 Å². The second-order valence-electron chi connectivity index (χ2n) is 5.73. The Labute approximate surface area is 131 Å². The maximum Gasteiger partial charge on any atom is 0.0989 e. The number of imidazole rings is 1. The zero-order valence-electron chi connectivity index (χ0n) is 13.0. The van der Waals surface area contributed by atoms with Gasteiger partial charge in [0, 0.05) is 30.1 Å². The lowest BCUT2D eigenvalue weighted by Crippen LogP contribution is -2.30. The third kappa shape index (κ3) is 3.64. The number of ether oxygens (including phenoxy) is 1. The van der Waals surface area contributed by atoms with Crippen LogP contribution in [0.3, 0.4) is 0 Å². The highest BCUT2D eigenvalue weighted by atomic mass is 16.5. The van der Waals surface area contributed by atoms with Crippen LogP contribution in [0, 0.1) is 5.92 Å². The van der Waals surface area contributed by atoms with Crippen molar-refractivity contribution in [2.75, 3.05) is 13.7 Å². The van der Waals surface area contributed by atoms with Crippen LogP contribution in [0.15, 0.2) is 55.1 Å². The molecule has 0 saturated carbocycles. The molecule has 3 rings (SSSR count). The molecule has 2 unspecified atom stereocenters. The number of nitrogens with one attached hydrogen (secondary N) is 1. The first-order valence-corrected chi connectivity index (χ1v) is 7.86. The lowest BCUT2D eigenvalue weighted by Gasteiger charge is -2.29. The fourth-order valence-electron chi connectivity index (χ4n) is 2.95. The van der Waals surface area contributed by atoms with Gasteiger partial charge in [-0.3, -0.25) is 0 Å². The average Bonchev–Trinajstić information content (AvgIpc) is 3.10. The van der Waals surface area contributed by atoms with E-state index in [0.29, 0.717) is 18.6 Å². The molecular formula is C18H23N3O. The maximum atomic E-state index is 5.96. The van der Waals surface area contributed by atoms with E-state index in [4.69, 9.17) is 4.74 Å². The van der Waals surface area contributed by atoms with E-state index in [-0.39, 0.29) is 0 Å². The fourth-order valence-corrected chi connectivity index (χ4v) is 2.95. The summed E-state index contributed by atoms with van der Waals surface area (Å²) in [5, 5.41) is 3.35. The second-order valence-corrected chi connectivity index (χ2v) is 5.73. The minimum atomic E-state index is 0.419. The van der Waals surface area contributed by atoms with Crippen LogP contribution in [-0.2, 0) is 11.3 Å². The summed E-state index contributed by atoms with van der Waals surface area (Å²) in [6.45, 7) is 1.42. The van der Waals surface area contributed by atoms with Gasteiger partial charge in [0.25, 0.3) is 0 Å². The van der Waals surface area contributed by atoms with Gasteiger partial charge in [0.15, 0.2) is 0 Å². The van der Waals surface area contributed by atoms with Crippen molar-refractivity contribution in [3.63, 3.8) is 0 Å². The number of nitrogens with zero attached hydrogens (tertiary/aromatic N) is 2. The molecule has 1 heterocycles. The Kier molecular flexibility index (Phi) is 5.03. The van der Waals surface area contributed by atoms with Gasteiger partial charge in [0.2, 0.25) is 0 Å². The van der Waals surface area contributed by atoms with Gasteiger partial charge < -0.3 is 14.6 Å². The van der Waals surface area contributed by atoms with Crippen LogP contribution >= 0.6 is 0 Å². The minimum Gasteiger partial charge on any atom is -0.376 e. The molecule has 0 spiro atoms. The number of aromatic nitrogens is 2. The van der Waals surface area contributed by atoms with E-state index < -0.39 is 0 Å². The van der Waals surface area contributed by atoms with Crippen molar-refractivity contribution in [3.8, 4) is 0 Å². The first kappa shape index (κ1) is 15.0. The molecule has 0 saturated heterocycles. The molecule has 4 heteroatoms. The number of likely N-dealkylation sites (N-methyl/N-ethyl adjacent to an activating group) is 1. The molecule has 0 fully saturated rings. The van der Waals surface area contributed by atoms with Gasteiger partial charge in [-0.05, 0) is 31.5 Å². The van der Waals surface area contributed by atoms with Crippen LogP contribution in [-0.4, -0.2) is 29.2 Å². The van der Waals surface area contributed by atoms with Gasteiger partial charge in [-0.15, -0.1) is 0 Å². The van der Waals surface area contributed by atoms with Crippen molar-refractivity contribution in [2.45, 2.75) is 25.5 Å². The molecule has 1 aromatic heterocycles. The highest BCUT2D eigenvalue weighted by Crippen LogP contribution is 2.29. The van der Waals surface area contributed by atoms with E-state index in [9.17, 15) is 0 Å². The maximum absolute atomic E-state index is 5.96. The molecule has 0 bridgehead atoms. The molecule has 1 aliphatic carbocycles. The zero-order chi connectivity index (χ0) is 15.2. The molecule has 2 aromatic rings. The Balaban J connectivity index is 1.64. The largest absolute Gasteiger partial charge is 0.376 e. The molecular weight excluding hydrogens is 274 g/mol. The quantitative estimate of drug-likeness (QED) is 0.891. The molecule has 0 aliphatic heterocycles. The molecule has 2 atom stereocenters. The predicted molar refractivity (Wildman–Crippen MR) is 88.2 cm³/mol. The van der Waals surface area contributed by atoms with Crippen LogP contribution in [0.4, 0.5) is 0 Å². The van der Waals surface area contributed by atoms with Crippen LogP contribution in [0.1, 0.15) is 18.4 Å². The van der Waals surface area contributed by atoms with Crippen molar-refractivity contribution < 1.29 is 4.74 Å². The van der Waals surface area contributed by atoms with Gasteiger partial charge in [-0.2, -0.15) is 0 Å². The molecule has 1 N–H and O–H groups in total. The van der Waals surface area contributed by atoms with E-state index in [1.807, 2.05) is 44.0 Å². The van der Waals surface area contributed by atoms with E-state index in [0.717, 1.165) is 19.4 Å². The smallest absolute Gasteiger partial charge is 0.0989 e. The summed E-state index contributed by atoms with van der Waals surface area (Å²) >= 11 is 0. The van der Waals surface area contributed by atoms with Crippen LogP contribution in [0.5, 0.6) is 0 Å². The van der Waals surface area contributed by atoms with Crippen LogP contribution < -0.4 is 5.32 Å². The van der Waals surface area contributed by atoms with E-state index in [1.165, 1.54) is 11.3 Å². The second kappa shape index (κ2) is 7.38. The number of hydrogen-bond acceptors (Lipinski definition) is 3. The van der Waals surface area contributed by atoms with Gasteiger partial charge in [0.1, 0.15) is 0 Å². The summed E-state index contributed by atoms with van der Waals surface area (Å²) in [5.41, 5.74) is 2.51. The Bertz CT molecular complexity index is 592. The lowest BCUT2D eigenvalue weighted by atomic mass is 9.90. The fraction of sp³-hybridized carbons (Fsp3) is 0.389. The summed E-state index contributed by atoms with van der Waals surface area (Å²) in [5.74, 6) is 0.419. The minimum absolute atomic E-state index is 0.419. The summed E-state index contributed by atoms with van der Waals surface area (Å²) < 4.78 is 8.07. The third-order valence-electron chi connectivity index (χ3n) is 4.22. The molecule has 0 radical (unpaired) electrons. The average molecular weight is 297 g/mol. The van der Waals surface area contributed by atoms with Crippen molar-refractivity contribution in [1.29, 1.82) is 0 Å². The highest BCUT2D eigenvalue weighted by Gasteiger charge is 2.23. The predicted octanol–water partition coefficient (Wildman–Crippen LogP) is 2.94. The van der Waals surface area contributed by atoms with Gasteiger partial charge in [-0.25, -0.2) is 4.98 Å². The Hall–Kier alpha value is -1.91. The Morgan fingerprint density at radius 2 is 2.14 bits per heavy atom. The van der Waals surface area contributed by atoms with Crippen LogP contribution in [0.2, 0.25) is 0 Å².